The number of benzene rings is 9. The monoisotopic (exact) mass is 1240 g/mol. The highest BCUT2D eigenvalue weighted by Gasteiger charge is 2.20. The number of hydrogen-bond acceptors (Lipinski definition) is 4. The second-order valence-electron chi connectivity index (χ2n) is 15.7. The zero-order chi connectivity index (χ0) is 45.9. The van der Waals surface area contributed by atoms with Gasteiger partial charge in [0.05, 0.1) is 0 Å². The van der Waals surface area contributed by atoms with Crippen LogP contribution in [0.4, 0.5) is 68.2 Å². The fourth-order valence-corrected chi connectivity index (χ4v) is 9.49. The van der Waals surface area contributed by atoms with E-state index in [-0.39, 0.29) is 0 Å². The molecule has 326 valence electrons. The zero-order valence-electron chi connectivity index (χ0n) is 35.7. The van der Waals surface area contributed by atoms with Crippen molar-refractivity contribution in [3.05, 3.63) is 244 Å². The van der Waals surface area contributed by atoms with Crippen molar-refractivity contribution >= 4 is 164 Å². The van der Waals surface area contributed by atoms with Crippen LogP contribution in [-0.2, 0) is 0 Å². The molecule has 0 radical (unpaired) electrons. The molecule has 0 aliphatic rings. The Hall–Kier alpha value is -4.94. The molecular weight excluding hydrogens is 1210 g/mol. The standard InChI is InChI=1S/C56H40Br6N4/c1-37-35-53(31-33-55(37)61)65(45-15-7-41(59)8-16-45)51-27-23-49(24-28-51)64(48-21-19-47(20-22-48)63(43-11-3-39(57)4-12-43)44-13-5-40(58)6-14-44)50-25-29-52(30-26-50)66(46-17-9-42(60)10-18-46)54-32-34-56(62)38(2)36-54/h3-36H,1-2H3. The highest BCUT2D eigenvalue weighted by atomic mass is 79.9. The molecule has 0 unspecified atom stereocenters. The molecule has 66 heavy (non-hydrogen) atoms. The predicted octanol–water partition coefficient (Wildman–Crippen LogP) is 20.8. The van der Waals surface area contributed by atoms with Gasteiger partial charge < -0.3 is 19.6 Å². The van der Waals surface area contributed by atoms with Gasteiger partial charge in [-0.15, -0.1) is 0 Å². The number of halogens is 6. The fourth-order valence-electron chi connectivity index (χ4n) is 7.94. The molecule has 0 heterocycles. The quantitative estimate of drug-likeness (QED) is 0.121. The SMILES string of the molecule is Cc1cc(N(c2ccc(Br)cc2)c2ccc(N(c3ccc(N(c4ccc(Br)cc4)c4ccc(Br)cc4)cc3)c3ccc(N(c4ccc(Br)cc4)c4ccc(Br)c(C)c4)cc3)cc2)ccc1Br. The van der Waals surface area contributed by atoms with Gasteiger partial charge in [0.2, 0.25) is 0 Å². The Kier molecular flexibility index (Phi) is 14.4. The van der Waals surface area contributed by atoms with Crippen molar-refractivity contribution in [2.24, 2.45) is 0 Å². The topological polar surface area (TPSA) is 13.0 Å². The number of anilines is 12. The van der Waals surface area contributed by atoms with E-state index in [0.29, 0.717) is 0 Å². The lowest BCUT2D eigenvalue weighted by molar-refractivity contribution is 1.23. The lowest BCUT2D eigenvalue weighted by Gasteiger charge is -2.30. The van der Waals surface area contributed by atoms with Crippen LogP contribution in [0.25, 0.3) is 0 Å². The molecule has 9 rings (SSSR count). The van der Waals surface area contributed by atoms with E-state index in [1.807, 2.05) is 0 Å². The summed E-state index contributed by atoms with van der Waals surface area (Å²) in [6.45, 7) is 4.25. The second kappa shape index (κ2) is 20.5. The van der Waals surface area contributed by atoms with Crippen molar-refractivity contribution in [3.8, 4) is 0 Å². The number of hydrogen-bond donors (Lipinski definition) is 0. The van der Waals surface area contributed by atoms with E-state index in [0.717, 1.165) is 106 Å². The molecular formula is C56H40Br6N4. The molecule has 0 aliphatic carbocycles. The zero-order valence-corrected chi connectivity index (χ0v) is 45.2. The van der Waals surface area contributed by atoms with Crippen LogP contribution < -0.4 is 19.6 Å². The maximum atomic E-state index is 3.71. The Morgan fingerprint density at radius 1 is 0.212 bits per heavy atom. The second-order valence-corrected chi connectivity index (χ2v) is 21.0. The average molecular weight is 1250 g/mol. The van der Waals surface area contributed by atoms with Crippen LogP contribution in [0.15, 0.2) is 233 Å². The smallest absolute Gasteiger partial charge is 0.0465 e. The molecule has 0 N–H and O–H groups in total. The van der Waals surface area contributed by atoms with Gasteiger partial charge in [0.15, 0.2) is 0 Å². The largest absolute Gasteiger partial charge is 0.311 e. The molecule has 9 aromatic carbocycles. The van der Waals surface area contributed by atoms with Crippen molar-refractivity contribution in [1.82, 2.24) is 0 Å². The van der Waals surface area contributed by atoms with Gasteiger partial charge in [0.25, 0.3) is 0 Å². The third-order valence-electron chi connectivity index (χ3n) is 11.2. The molecule has 0 bridgehead atoms. The van der Waals surface area contributed by atoms with Gasteiger partial charge in [-0.2, -0.15) is 0 Å². The van der Waals surface area contributed by atoms with Crippen molar-refractivity contribution in [1.29, 1.82) is 0 Å². The summed E-state index contributed by atoms with van der Waals surface area (Å²) in [5, 5.41) is 0. The molecule has 0 amide bonds. The van der Waals surface area contributed by atoms with E-state index < -0.39 is 0 Å². The van der Waals surface area contributed by atoms with Crippen molar-refractivity contribution in [2.45, 2.75) is 13.8 Å². The Bertz CT molecular complexity index is 2900. The number of nitrogens with zero attached hydrogens (tertiary/aromatic N) is 4. The van der Waals surface area contributed by atoms with Gasteiger partial charge >= 0.3 is 0 Å². The minimum atomic E-state index is 1.02. The average Bonchev–Trinajstić information content (AvgIpc) is 3.33. The van der Waals surface area contributed by atoms with E-state index in [1.165, 1.54) is 0 Å². The van der Waals surface area contributed by atoms with Crippen LogP contribution >= 0.6 is 95.6 Å². The van der Waals surface area contributed by atoms with Crippen LogP contribution in [-0.4, -0.2) is 0 Å². The molecule has 0 aliphatic heterocycles. The molecule has 4 nitrogen and oxygen atoms in total. The summed E-state index contributed by atoms with van der Waals surface area (Å²) >= 11 is 22.0. The Morgan fingerprint density at radius 3 is 0.545 bits per heavy atom. The molecule has 0 saturated carbocycles. The summed E-state index contributed by atoms with van der Waals surface area (Å²) in [5.74, 6) is 0. The predicted molar refractivity (Wildman–Crippen MR) is 301 cm³/mol. The van der Waals surface area contributed by atoms with E-state index in [4.69, 9.17) is 0 Å². The Morgan fingerprint density at radius 2 is 0.364 bits per heavy atom. The van der Waals surface area contributed by atoms with E-state index in [1.54, 1.807) is 0 Å². The van der Waals surface area contributed by atoms with Crippen LogP contribution in [0.5, 0.6) is 0 Å². The molecule has 0 fully saturated rings. The van der Waals surface area contributed by atoms with E-state index in [2.05, 4.69) is 335 Å². The van der Waals surface area contributed by atoms with Gasteiger partial charge in [-0.1, -0.05) is 95.6 Å². The third kappa shape index (κ3) is 10.3. The highest BCUT2D eigenvalue weighted by molar-refractivity contribution is 9.11. The lowest BCUT2D eigenvalue weighted by atomic mass is 10.1. The first-order valence-electron chi connectivity index (χ1n) is 21.0. The van der Waals surface area contributed by atoms with Crippen molar-refractivity contribution in [3.63, 3.8) is 0 Å². The van der Waals surface area contributed by atoms with E-state index in [9.17, 15) is 0 Å². The maximum Gasteiger partial charge on any atom is 0.0465 e. The molecule has 9 aromatic rings. The van der Waals surface area contributed by atoms with Crippen LogP contribution in [0.1, 0.15) is 11.1 Å². The number of aryl methyl sites for hydroxylation is 2. The van der Waals surface area contributed by atoms with E-state index >= 15 is 0 Å². The summed E-state index contributed by atoms with van der Waals surface area (Å²) in [6.07, 6.45) is 0. The highest BCUT2D eigenvalue weighted by Crippen LogP contribution is 2.44. The molecule has 0 aromatic heterocycles. The molecule has 0 spiro atoms. The van der Waals surface area contributed by atoms with Gasteiger partial charge in [0.1, 0.15) is 0 Å². The van der Waals surface area contributed by atoms with Crippen LogP contribution in [0.2, 0.25) is 0 Å². The number of rotatable bonds is 12. The fraction of sp³-hybridized carbons (Fsp3) is 0.0357. The van der Waals surface area contributed by atoms with Gasteiger partial charge in [0, 0.05) is 95.1 Å². The van der Waals surface area contributed by atoms with Crippen LogP contribution in [0, 0.1) is 13.8 Å². The van der Waals surface area contributed by atoms with Gasteiger partial charge in [-0.3, -0.25) is 0 Å². The summed E-state index contributed by atoms with van der Waals surface area (Å²) in [7, 11) is 0. The Labute approximate surface area is 437 Å². The van der Waals surface area contributed by atoms with Crippen LogP contribution in [0.3, 0.4) is 0 Å². The first kappa shape index (κ1) is 46.2. The van der Waals surface area contributed by atoms with Gasteiger partial charge in [-0.25, -0.2) is 0 Å². The van der Waals surface area contributed by atoms with Crippen molar-refractivity contribution < 1.29 is 0 Å². The summed E-state index contributed by atoms with van der Waals surface area (Å²) in [5.41, 5.74) is 14.9. The minimum absolute atomic E-state index is 1.02. The lowest BCUT2D eigenvalue weighted by Crippen LogP contribution is -2.14. The summed E-state index contributed by atoms with van der Waals surface area (Å²) in [6, 6.07) is 73.2. The first-order chi connectivity index (χ1) is 32.0. The van der Waals surface area contributed by atoms with Crippen molar-refractivity contribution in [2.75, 3.05) is 19.6 Å². The van der Waals surface area contributed by atoms with Gasteiger partial charge in [-0.05, 0) is 231 Å². The maximum absolute atomic E-state index is 3.71. The normalized spacial score (nSPS) is 11.0. The Balaban J connectivity index is 1.15. The molecule has 0 atom stereocenters. The minimum Gasteiger partial charge on any atom is -0.311 e. The molecule has 10 heteroatoms. The first-order valence-corrected chi connectivity index (χ1v) is 25.8. The molecule has 0 saturated heterocycles. The third-order valence-corrected chi connectivity index (χ3v) is 15.1. The summed E-state index contributed by atoms with van der Waals surface area (Å²) < 4.78 is 6.28. The summed E-state index contributed by atoms with van der Waals surface area (Å²) in [4.78, 5) is 9.19.